The molecule has 1 heterocycles. The van der Waals surface area contributed by atoms with Gasteiger partial charge >= 0.3 is 0 Å². The van der Waals surface area contributed by atoms with Gasteiger partial charge < -0.3 is 15.4 Å². The van der Waals surface area contributed by atoms with E-state index in [2.05, 4.69) is 34.7 Å². The zero-order valence-corrected chi connectivity index (χ0v) is 16.6. The lowest BCUT2D eigenvalue weighted by Crippen LogP contribution is -2.36. The van der Waals surface area contributed by atoms with E-state index < -0.39 is 22.9 Å². The van der Waals surface area contributed by atoms with Crippen molar-refractivity contribution in [1.29, 1.82) is 0 Å². The molecule has 30 heavy (non-hydrogen) atoms. The minimum atomic E-state index is -0.544. The van der Waals surface area contributed by atoms with Crippen LogP contribution in [0.4, 0.5) is 5.69 Å². The fraction of sp³-hybridized carbons (Fsp3) is 0.238. The first kappa shape index (κ1) is 20.8. The van der Waals surface area contributed by atoms with E-state index in [1.54, 1.807) is 12.1 Å². The van der Waals surface area contributed by atoms with E-state index in [1.807, 2.05) is 18.2 Å². The molecule has 9 heteroatoms. The first-order chi connectivity index (χ1) is 14.3. The SMILES string of the molecule is CC(C)c1cccc(OCC(=O)NCC(=O)Nc2cccc3c(=O)[nH][nH]c(=O)c23)c1. The van der Waals surface area contributed by atoms with Gasteiger partial charge in [0.05, 0.1) is 23.0 Å². The van der Waals surface area contributed by atoms with E-state index in [1.165, 1.54) is 12.1 Å². The Balaban J connectivity index is 1.56. The summed E-state index contributed by atoms with van der Waals surface area (Å²) in [6.07, 6.45) is 0. The van der Waals surface area contributed by atoms with Crippen LogP contribution >= 0.6 is 0 Å². The number of amides is 2. The van der Waals surface area contributed by atoms with Crippen molar-refractivity contribution >= 4 is 28.3 Å². The number of anilines is 1. The van der Waals surface area contributed by atoms with Gasteiger partial charge in [-0.05, 0) is 35.7 Å². The summed E-state index contributed by atoms with van der Waals surface area (Å²) in [6.45, 7) is 3.57. The van der Waals surface area contributed by atoms with E-state index in [0.717, 1.165) is 5.56 Å². The molecule has 9 nitrogen and oxygen atoms in total. The van der Waals surface area contributed by atoms with Crippen molar-refractivity contribution in [2.24, 2.45) is 0 Å². The normalized spacial score (nSPS) is 10.8. The van der Waals surface area contributed by atoms with Gasteiger partial charge in [-0.2, -0.15) is 0 Å². The number of carbonyl (C=O) groups is 2. The number of fused-ring (bicyclic) bond motifs is 1. The third-order valence-corrected chi connectivity index (χ3v) is 4.44. The third kappa shape index (κ3) is 4.93. The molecule has 0 radical (unpaired) electrons. The van der Waals surface area contributed by atoms with E-state index in [9.17, 15) is 19.2 Å². The Bertz CT molecular complexity index is 1200. The summed E-state index contributed by atoms with van der Waals surface area (Å²) in [7, 11) is 0. The van der Waals surface area contributed by atoms with E-state index in [0.29, 0.717) is 11.7 Å². The summed E-state index contributed by atoms with van der Waals surface area (Å²) in [5.41, 5.74) is 0.256. The molecule has 0 saturated carbocycles. The van der Waals surface area contributed by atoms with Crippen molar-refractivity contribution in [3.05, 3.63) is 68.7 Å². The summed E-state index contributed by atoms with van der Waals surface area (Å²) < 4.78 is 5.47. The van der Waals surface area contributed by atoms with E-state index in [-0.39, 0.29) is 29.6 Å². The Labute approximate surface area is 171 Å². The molecule has 2 aromatic carbocycles. The number of aromatic amines is 2. The van der Waals surface area contributed by atoms with Gasteiger partial charge in [0.25, 0.3) is 17.0 Å². The monoisotopic (exact) mass is 410 g/mol. The molecular weight excluding hydrogens is 388 g/mol. The summed E-state index contributed by atoms with van der Waals surface area (Å²) >= 11 is 0. The molecule has 3 aromatic rings. The second-order valence-corrected chi connectivity index (χ2v) is 6.98. The summed E-state index contributed by atoms with van der Waals surface area (Å²) in [4.78, 5) is 48.0. The second-order valence-electron chi connectivity index (χ2n) is 6.98. The number of benzene rings is 2. The van der Waals surface area contributed by atoms with Crippen molar-refractivity contribution in [2.75, 3.05) is 18.5 Å². The standard InChI is InChI=1S/C21H22N4O5/c1-12(2)13-5-3-6-14(9-13)30-11-18(27)22-10-17(26)23-16-8-4-7-15-19(16)21(29)25-24-20(15)28/h3-9,12H,10-11H2,1-2H3,(H,22,27)(H,23,26)(H,24,28)(H,25,29). The number of ether oxygens (including phenoxy) is 1. The van der Waals surface area contributed by atoms with Gasteiger partial charge in [-0.1, -0.05) is 32.0 Å². The summed E-state index contributed by atoms with van der Waals surface area (Å²) in [6, 6.07) is 12.0. The van der Waals surface area contributed by atoms with Crippen LogP contribution in [0.5, 0.6) is 5.75 Å². The fourth-order valence-electron chi connectivity index (χ4n) is 2.87. The van der Waals surface area contributed by atoms with Crippen molar-refractivity contribution in [3.8, 4) is 5.75 Å². The minimum Gasteiger partial charge on any atom is -0.484 e. The maximum atomic E-state index is 12.2. The number of hydrogen-bond donors (Lipinski definition) is 4. The van der Waals surface area contributed by atoms with Gasteiger partial charge in [-0.25, -0.2) is 0 Å². The number of rotatable bonds is 7. The van der Waals surface area contributed by atoms with Crippen LogP contribution in [0.15, 0.2) is 52.1 Å². The summed E-state index contributed by atoms with van der Waals surface area (Å²) in [5, 5.41) is 9.65. The molecule has 0 saturated heterocycles. The van der Waals surface area contributed by atoms with Crippen LogP contribution in [-0.4, -0.2) is 35.2 Å². The van der Waals surface area contributed by atoms with Crippen LogP contribution in [0, 0.1) is 0 Å². The number of hydrogen-bond acceptors (Lipinski definition) is 5. The Morgan fingerprint density at radius 2 is 1.73 bits per heavy atom. The van der Waals surface area contributed by atoms with Crippen molar-refractivity contribution in [2.45, 2.75) is 19.8 Å². The van der Waals surface area contributed by atoms with Crippen molar-refractivity contribution in [1.82, 2.24) is 15.5 Å². The molecule has 0 spiro atoms. The van der Waals surface area contributed by atoms with Crippen molar-refractivity contribution < 1.29 is 14.3 Å². The highest BCUT2D eigenvalue weighted by molar-refractivity contribution is 6.02. The topological polar surface area (TPSA) is 133 Å². The third-order valence-electron chi connectivity index (χ3n) is 4.44. The highest BCUT2D eigenvalue weighted by atomic mass is 16.5. The predicted octanol–water partition coefficient (Wildman–Crippen LogP) is 1.47. The fourth-order valence-corrected chi connectivity index (χ4v) is 2.87. The van der Waals surface area contributed by atoms with Crippen LogP contribution in [0.3, 0.4) is 0 Å². The minimum absolute atomic E-state index is 0.0642. The molecule has 0 bridgehead atoms. The van der Waals surface area contributed by atoms with Crippen LogP contribution in [0.1, 0.15) is 25.3 Å². The van der Waals surface area contributed by atoms with Gasteiger partial charge in [0, 0.05) is 0 Å². The van der Waals surface area contributed by atoms with Gasteiger partial charge in [0.1, 0.15) is 5.75 Å². The molecule has 3 rings (SSSR count). The molecule has 0 atom stereocenters. The van der Waals surface area contributed by atoms with E-state index in [4.69, 9.17) is 4.74 Å². The number of nitrogens with one attached hydrogen (secondary N) is 4. The van der Waals surface area contributed by atoms with Crippen LogP contribution in [-0.2, 0) is 9.59 Å². The number of carbonyl (C=O) groups excluding carboxylic acids is 2. The van der Waals surface area contributed by atoms with Gasteiger partial charge in [-0.15, -0.1) is 0 Å². The first-order valence-electron chi connectivity index (χ1n) is 9.38. The molecule has 0 aliphatic heterocycles. The Hall–Kier alpha value is -3.88. The first-order valence-corrected chi connectivity index (χ1v) is 9.38. The molecule has 0 aliphatic carbocycles. The Morgan fingerprint density at radius 3 is 2.50 bits per heavy atom. The lowest BCUT2D eigenvalue weighted by atomic mass is 10.0. The average Bonchev–Trinajstić information content (AvgIpc) is 2.73. The Morgan fingerprint density at radius 1 is 1.00 bits per heavy atom. The Kier molecular flexibility index (Phi) is 6.31. The zero-order chi connectivity index (χ0) is 21.7. The molecule has 1 aromatic heterocycles. The summed E-state index contributed by atoms with van der Waals surface area (Å²) in [5.74, 6) is -0.103. The second kappa shape index (κ2) is 9.08. The van der Waals surface area contributed by atoms with Gasteiger partial charge in [0.15, 0.2) is 6.61 Å². The highest BCUT2D eigenvalue weighted by Crippen LogP contribution is 2.20. The smallest absolute Gasteiger partial charge is 0.272 e. The molecule has 0 unspecified atom stereocenters. The van der Waals surface area contributed by atoms with Gasteiger partial charge in [0.2, 0.25) is 5.91 Å². The number of aromatic nitrogens is 2. The molecular formula is C21H22N4O5. The maximum absolute atomic E-state index is 12.2. The lowest BCUT2D eigenvalue weighted by Gasteiger charge is -2.11. The molecule has 156 valence electrons. The lowest BCUT2D eigenvalue weighted by molar-refractivity contribution is -0.125. The largest absolute Gasteiger partial charge is 0.484 e. The molecule has 0 aliphatic rings. The quantitative estimate of drug-likeness (QED) is 0.468. The highest BCUT2D eigenvalue weighted by Gasteiger charge is 2.12. The van der Waals surface area contributed by atoms with Crippen LogP contribution < -0.4 is 26.5 Å². The predicted molar refractivity (Wildman–Crippen MR) is 113 cm³/mol. The zero-order valence-electron chi connectivity index (χ0n) is 16.6. The average molecular weight is 410 g/mol. The maximum Gasteiger partial charge on any atom is 0.272 e. The molecule has 4 N–H and O–H groups in total. The van der Waals surface area contributed by atoms with E-state index >= 15 is 0 Å². The van der Waals surface area contributed by atoms with Crippen molar-refractivity contribution in [3.63, 3.8) is 0 Å². The number of H-pyrrole nitrogens is 2. The molecule has 2 amide bonds. The molecule has 0 fully saturated rings. The van der Waals surface area contributed by atoms with Crippen LogP contribution in [0.2, 0.25) is 0 Å². The van der Waals surface area contributed by atoms with Crippen LogP contribution in [0.25, 0.3) is 10.8 Å². The van der Waals surface area contributed by atoms with Gasteiger partial charge in [-0.3, -0.25) is 29.4 Å².